The van der Waals surface area contributed by atoms with Crippen molar-refractivity contribution in [1.82, 2.24) is 19.4 Å². The number of nitrogen functional groups attached to an aromatic ring is 1. The summed E-state index contributed by atoms with van der Waals surface area (Å²) in [5, 5.41) is 0. The Morgan fingerprint density at radius 3 is 2.73 bits per heavy atom. The van der Waals surface area contributed by atoms with Gasteiger partial charge in [-0.1, -0.05) is 0 Å². The number of fused-ring (bicyclic) bond motifs is 1. The van der Waals surface area contributed by atoms with E-state index in [2.05, 4.69) is 19.2 Å². The number of pyridine rings is 1. The second-order valence-electron chi connectivity index (χ2n) is 9.95. The molecule has 3 heterocycles. The molecule has 0 aromatic carbocycles. The van der Waals surface area contributed by atoms with Gasteiger partial charge in [0.15, 0.2) is 11.6 Å². The summed E-state index contributed by atoms with van der Waals surface area (Å²) in [6, 6.07) is 1.85. The van der Waals surface area contributed by atoms with Gasteiger partial charge in [0.2, 0.25) is 0 Å². The Morgan fingerprint density at radius 1 is 1.15 bits per heavy atom. The molecule has 7 rings (SSSR count). The summed E-state index contributed by atoms with van der Waals surface area (Å²) in [6.45, 7) is 3.71. The number of hydrogen-bond acceptors (Lipinski definition) is 6. The van der Waals surface area contributed by atoms with Gasteiger partial charge < -0.3 is 19.8 Å². The summed E-state index contributed by atoms with van der Waals surface area (Å²) in [5.74, 6) is 1.38. The standard InChI is InChI=1S/C23H28F3N5O2/c24-23(25,26)33-19-8-15(12-28-20(19)27)17-13-31(21(29-17)14-2-3-14)22-9-16(10-22)18(11-22)30-4-1-6-32-7-5-30/h8,12-14,16,18H,1-7,9-11H2,(H2,27,28). The molecule has 2 N–H and O–H groups in total. The summed E-state index contributed by atoms with van der Waals surface area (Å²) < 4.78 is 50.4. The number of rotatable bonds is 5. The van der Waals surface area contributed by atoms with Gasteiger partial charge in [-0.3, -0.25) is 4.90 Å². The summed E-state index contributed by atoms with van der Waals surface area (Å²) in [7, 11) is 0. The van der Waals surface area contributed by atoms with Gasteiger partial charge in [0.05, 0.1) is 12.3 Å². The van der Waals surface area contributed by atoms with Gasteiger partial charge in [0, 0.05) is 55.2 Å². The summed E-state index contributed by atoms with van der Waals surface area (Å²) in [4.78, 5) is 11.4. The smallest absolute Gasteiger partial charge is 0.402 e. The van der Waals surface area contributed by atoms with Crippen LogP contribution in [0.15, 0.2) is 18.5 Å². The first-order valence-corrected chi connectivity index (χ1v) is 11.7. The number of nitrogens with two attached hydrogens (primary N) is 1. The molecule has 7 nitrogen and oxygen atoms in total. The van der Waals surface area contributed by atoms with E-state index < -0.39 is 12.1 Å². The van der Waals surface area contributed by atoms with E-state index in [1.165, 1.54) is 12.3 Å². The third-order valence-electron chi connectivity index (χ3n) is 7.73. The van der Waals surface area contributed by atoms with Crippen molar-refractivity contribution in [2.24, 2.45) is 5.92 Å². The predicted octanol–water partition coefficient (Wildman–Crippen LogP) is 3.90. The van der Waals surface area contributed by atoms with Crippen molar-refractivity contribution in [2.75, 3.05) is 32.0 Å². The summed E-state index contributed by atoms with van der Waals surface area (Å²) in [6.07, 6.45) is 5.29. The molecule has 0 spiro atoms. The van der Waals surface area contributed by atoms with E-state index in [1.807, 2.05) is 6.20 Å². The molecule has 178 valence electrons. The second kappa shape index (κ2) is 7.59. The fraction of sp³-hybridized carbons (Fsp3) is 0.652. The van der Waals surface area contributed by atoms with Crippen LogP contribution in [0.3, 0.4) is 0 Å². The van der Waals surface area contributed by atoms with E-state index in [0.717, 1.165) is 70.7 Å². The molecule has 33 heavy (non-hydrogen) atoms. The molecular formula is C23H28F3N5O2. The molecule has 1 aliphatic heterocycles. The molecule has 1 unspecified atom stereocenters. The van der Waals surface area contributed by atoms with E-state index in [-0.39, 0.29) is 11.4 Å². The van der Waals surface area contributed by atoms with Crippen molar-refractivity contribution in [2.45, 2.75) is 62.4 Å². The topological polar surface area (TPSA) is 78.4 Å². The van der Waals surface area contributed by atoms with E-state index in [4.69, 9.17) is 15.5 Å². The number of imidazole rings is 1. The van der Waals surface area contributed by atoms with Crippen molar-refractivity contribution in [1.29, 1.82) is 0 Å². The molecule has 4 saturated carbocycles. The van der Waals surface area contributed by atoms with Crippen molar-refractivity contribution in [3.63, 3.8) is 0 Å². The van der Waals surface area contributed by atoms with Crippen LogP contribution < -0.4 is 10.5 Å². The van der Waals surface area contributed by atoms with Gasteiger partial charge >= 0.3 is 6.36 Å². The fourth-order valence-corrected chi connectivity index (χ4v) is 6.08. The van der Waals surface area contributed by atoms with Gasteiger partial charge in [-0.25, -0.2) is 9.97 Å². The monoisotopic (exact) mass is 463 g/mol. The number of anilines is 1. The highest BCUT2D eigenvalue weighted by atomic mass is 19.4. The molecule has 5 fully saturated rings. The lowest BCUT2D eigenvalue weighted by molar-refractivity contribution is -0.274. The fourth-order valence-electron chi connectivity index (χ4n) is 6.08. The van der Waals surface area contributed by atoms with Crippen molar-refractivity contribution in [3.8, 4) is 17.0 Å². The molecule has 1 saturated heterocycles. The van der Waals surface area contributed by atoms with E-state index in [0.29, 0.717) is 29.1 Å². The number of aromatic nitrogens is 3. The zero-order valence-corrected chi connectivity index (χ0v) is 18.4. The van der Waals surface area contributed by atoms with Crippen LogP contribution in [-0.4, -0.2) is 58.1 Å². The molecule has 2 aromatic rings. The van der Waals surface area contributed by atoms with Crippen LogP contribution in [0.1, 0.15) is 50.3 Å². The van der Waals surface area contributed by atoms with Gasteiger partial charge in [-0.15, -0.1) is 13.2 Å². The molecule has 4 aliphatic carbocycles. The van der Waals surface area contributed by atoms with Crippen LogP contribution in [0, 0.1) is 5.92 Å². The number of ether oxygens (including phenoxy) is 2. The zero-order chi connectivity index (χ0) is 22.8. The second-order valence-corrected chi connectivity index (χ2v) is 9.95. The third-order valence-corrected chi connectivity index (χ3v) is 7.73. The first kappa shape index (κ1) is 21.2. The normalized spacial score (nSPS) is 30.2. The van der Waals surface area contributed by atoms with Crippen LogP contribution in [0.25, 0.3) is 11.3 Å². The maximum Gasteiger partial charge on any atom is 0.573 e. The van der Waals surface area contributed by atoms with Gasteiger partial charge in [-0.2, -0.15) is 0 Å². The predicted molar refractivity (Wildman–Crippen MR) is 115 cm³/mol. The Bertz CT molecular complexity index is 1040. The lowest BCUT2D eigenvalue weighted by Crippen LogP contribution is -2.41. The molecule has 0 radical (unpaired) electrons. The third kappa shape index (κ3) is 3.86. The van der Waals surface area contributed by atoms with Gasteiger partial charge in [-0.05, 0) is 50.5 Å². The van der Waals surface area contributed by atoms with Crippen molar-refractivity contribution < 1.29 is 22.6 Å². The number of halogens is 3. The Kier molecular flexibility index (Phi) is 4.88. The molecule has 2 bridgehead atoms. The molecule has 10 heteroatoms. The van der Waals surface area contributed by atoms with Gasteiger partial charge in [0.25, 0.3) is 0 Å². The Balaban J connectivity index is 1.30. The van der Waals surface area contributed by atoms with Gasteiger partial charge in [0.1, 0.15) is 5.82 Å². The number of nitrogens with zero attached hydrogens (tertiary/aromatic N) is 4. The lowest BCUT2D eigenvalue weighted by atomic mass is 9.76. The molecule has 2 aromatic heterocycles. The quantitative estimate of drug-likeness (QED) is 0.725. The van der Waals surface area contributed by atoms with Crippen molar-refractivity contribution in [3.05, 3.63) is 24.3 Å². The number of hydrogen-bond donors (Lipinski definition) is 1. The highest BCUT2D eigenvalue weighted by Crippen LogP contribution is 2.60. The van der Waals surface area contributed by atoms with Crippen LogP contribution >= 0.6 is 0 Å². The molecule has 0 amide bonds. The highest BCUT2D eigenvalue weighted by molar-refractivity contribution is 5.64. The number of alkyl halides is 3. The lowest BCUT2D eigenvalue weighted by Gasteiger charge is -2.41. The van der Waals surface area contributed by atoms with Crippen molar-refractivity contribution >= 4 is 5.82 Å². The maximum absolute atomic E-state index is 12.8. The van der Waals surface area contributed by atoms with E-state index in [1.54, 1.807) is 0 Å². The minimum Gasteiger partial charge on any atom is -0.402 e. The minimum atomic E-state index is -4.83. The maximum atomic E-state index is 12.8. The van der Waals surface area contributed by atoms with Crippen LogP contribution in [0.5, 0.6) is 5.75 Å². The van der Waals surface area contributed by atoms with E-state index in [9.17, 15) is 13.2 Å². The Hall–Kier alpha value is -2.33. The Morgan fingerprint density at radius 2 is 1.97 bits per heavy atom. The zero-order valence-electron chi connectivity index (χ0n) is 18.4. The Labute approximate surface area is 190 Å². The first-order valence-electron chi connectivity index (χ1n) is 11.7. The van der Waals surface area contributed by atoms with Crippen LogP contribution in [0.4, 0.5) is 19.0 Å². The first-order chi connectivity index (χ1) is 15.8. The summed E-state index contributed by atoms with van der Waals surface area (Å²) in [5.41, 5.74) is 6.78. The SMILES string of the molecule is Nc1ncc(-c2cn(C34CC(C3)C(N3CCCOCC3)C4)c(C3CC3)n2)cc1OC(F)(F)F. The molecule has 5 aliphatic rings. The van der Waals surface area contributed by atoms with E-state index >= 15 is 0 Å². The minimum absolute atomic E-state index is 0.0538. The summed E-state index contributed by atoms with van der Waals surface area (Å²) >= 11 is 0. The average Bonchev–Trinajstić information content (AvgIpc) is 3.33. The highest BCUT2D eigenvalue weighted by Gasteiger charge is 2.59. The average molecular weight is 464 g/mol. The largest absolute Gasteiger partial charge is 0.573 e. The molecular weight excluding hydrogens is 435 g/mol. The van der Waals surface area contributed by atoms with Crippen LogP contribution in [-0.2, 0) is 10.3 Å². The molecule has 1 atom stereocenters. The van der Waals surface area contributed by atoms with Crippen LogP contribution in [0.2, 0.25) is 0 Å².